The van der Waals surface area contributed by atoms with Crippen LogP contribution in [0.15, 0.2) is 78.0 Å². The Morgan fingerprint density at radius 2 is 1.67 bits per heavy atom. The molecular formula is C19H17NO. The molecule has 2 rings (SSSR count). The average Bonchev–Trinajstić information content (AvgIpc) is 2.56. The molecule has 2 aromatic rings. The van der Waals surface area contributed by atoms with Gasteiger partial charge in [-0.25, -0.2) is 0 Å². The van der Waals surface area contributed by atoms with E-state index < -0.39 is 0 Å². The Kier molecular flexibility index (Phi) is 5.84. The predicted octanol–water partition coefficient (Wildman–Crippen LogP) is 4.36. The lowest BCUT2D eigenvalue weighted by Gasteiger charge is -2.08. The summed E-state index contributed by atoms with van der Waals surface area (Å²) in [5.74, 6) is 6.24. The van der Waals surface area contributed by atoms with E-state index in [2.05, 4.69) is 17.0 Å². The summed E-state index contributed by atoms with van der Waals surface area (Å²) in [5, 5.41) is 3.94. The van der Waals surface area contributed by atoms with E-state index in [1.54, 1.807) is 6.21 Å². The molecule has 2 aromatic carbocycles. The maximum atomic E-state index is 5.50. The van der Waals surface area contributed by atoms with Crippen LogP contribution in [0.5, 0.6) is 0 Å². The van der Waals surface area contributed by atoms with Gasteiger partial charge in [0, 0.05) is 11.1 Å². The zero-order chi connectivity index (χ0) is 14.8. The highest BCUT2D eigenvalue weighted by atomic mass is 16.6. The summed E-state index contributed by atoms with van der Waals surface area (Å²) < 4.78 is 0. The minimum absolute atomic E-state index is 0.382. The van der Waals surface area contributed by atoms with Crippen LogP contribution in [-0.2, 0) is 4.84 Å². The minimum Gasteiger partial charge on any atom is -0.374 e. The highest BCUT2D eigenvalue weighted by Crippen LogP contribution is 2.16. The van der Waals surface area contributed by atoms with Crippen molar-refractivity contribution in [3.8, 4) is 11.8 Å². The van der Waals surface area contributed by atoms with Gasteiger partial charge in [-0.1, -0.05) is 65.7 Å². The van der Waals surface area contributed by atoms with Gasteiger partial charge in [0.05, 0.1) is 6.21 Å². The first kappa shape index (κ1) is 14.6. The second kappa shape index (κ2) is 8.39. The van der Waals surface area contributed by atoms with Crippen molar-refractivity contribution >= 4 is 6.21 Å². The summed E-state index contributed by atoms with van der Waals surface area (Å²) in [7, 11) is 0. The molecule has 0 amide bonds. The van der Waals surface area contributed by atoms with Crippen LogP contribution in [0.25, 0.3) is 0 Å². The van der Waals surface area contributed by atoms with Gasteiger partial charge in [-0.3, -0.25) is 0 Å². The Balaban J connectivity index is 2.18. The standard InChI is InChI=1S/C19H17NO/c1-2-3-16-20-21-19(18-12-8-5-9-13-18)15-14-17-10-6-4-7-11-17/h2-13,16,19H,1H3/b3-2+,20-16+. The minimum atomic E-state index is -0.382. The Labute approximate surface area is 125 Å². The quantitative estimate of drug-likeness (QED) is 0.461. The lowest BCUT2D eigenvalue weighted by molar-refractivity contribution is 0.101. The zero-order valence-electron chi connectivity index (χ0n) is 11.9. The zero-order valence-corrected chi connectivity index (χ0v) is 11.9. The number of hydrogen-bond acceptors (Lipinski definition) is 2. The van der Waals surface area contributed by atoms with Crippen molar-refractivity contribution in [2.24, 2.45) is 5.16 Å². The fourth-order valence-corrected chi connectivity index (χ4v) is 1.69. The van der Waals surface area contributed by atoms with Crippen molar-refractivity contribution in [3.63, 3.8) is 0 Å². The van der Waals surface area contributed by atoms with Crippen molar-refractivity contribution in [1.29, 1.82) is 0 Å². The molecular weight excluding hydrogens is 258 g/mol. The van der Waals surface area contributed by atoms with Gasteiger partial charge in [-0.05, 0) is 31.1 Å². The van der Waals surface area contributed by atoms with Crippen LogP contribution in [0, 0.1) is 11.8 Å². The van der Waals surface area contributed by atoms with Gasteiger partial charge in [0.25, 0.3) is 0 Å². The largest absolute Gasteiger partial charge is 0.374 e. The van der Waals surface area contributed by atoms with Crippen molar-refractivity contribution in [2.75, 3.05) is 0 Å². The highest BCUT2D eigenvalue weighted by molar-refractivity contribution is 5.70. The molecule has 2 nitrogen and oxygen atoms in total. The van der Waals surface area contributed by atoms with Gasteiger partial charge >= 0.3 is 0 Å². The van der Waals surface area contributed by atoms with Crippen LogP contribution in [0.1, 0.15) is 24.2 Å². The van der Waals surface area contributed by atoms with E-state index in [4.69, 9.17) is 4.84 Å². The van der Waals surface area contributed by atoms with E-state index in [-0.39, 0.29) is 6.10 Å². The van der Waals surface area contributed by atoms with Crippen LogP contribution in [0.4, 0.5) is 0 Å². The van der Waals surface area contributed by atoms with Gasteiger partial charge < -0.3 is 4.84 Å². The summed E-state index contributed by atoms with van der Waals surface area (Å²) in [4.78, 5) is 5.50. The first-order valence-corrected chi connectivity index (χ1v) is 6.82. The Bertz CT molecular complexity index is 648. The number of nitrogens with zero attached hydrogens (tertiary/aromatic N) is 1. The number of hydrogen-bond donors (Lipinski definition) is 0. The number of oxime groups is 1. The smallest absolute Gasteiger partial charge is 0.213 e. The van der Waals surface area contributed by atoms with Gasteiger partial charge in [-0.15, -0.1) is 0 Å². The molecule has 104 valence electrons. The predicted molar refractivity (Wildman–Crippen MR) is 86.9 cm³/mol. The first-order chi connectivity index (χ1) is 10.4. The molecule has 0 aromatic heterocycles. The maximum Gasteiger partial charge on any atom is 0.213 e. The Morgan fingerprint density at radius 3 is 2.33 bits per heavy atom. The third kappa shape index (κ3) is 5.00. The van der Waals surface area contributed by atoms with Gasteiger partial charge in [0.2, 0.25) is 6.10 Å². The molecule has 0 N–H and O–H groups in total. The fraction of sp³-hybridized carbons (Fsp3) is 0.105. The molecule has 0 aliphatic rings. The first-order valence-electron chi connectivity index (χ1n) is 6.82. The molecule has 0 saturated heterocycles. The van der Waals surface area contributed by atoms with E-state index in [0.717, 1.165) is 11.1 Å². The summed E-state index contributed by atoms with van der Waals surface area (Å²) in [6.07, 6.45) is 4.93. The van der Waals surface area contributed by atoms with Crippen molar-refractivity contribution in [1.82, 2.24) is 0 Å². The van der Waals surface area contributed by atoms with E-state index in [0.29, 0.717) is 0 Å². The van der Waals surface area contributed by atoms with E-state index in [9.17, 15) is 0 Å². The third-order valence-electron chi connectivity index (χ3n) is 2.73. The van der Waals surface area contributed by atoms with Crippen molar-refractivity contribution in [2.45, 2.75) is 13.0 Å². The molecule has 0 spiro atoms. The highest BCUT2D eigenvalue weighted by Gasteiger charge is 2.08. The second-order valence-corrected chi connectivity index (χ2v) is 4.31. The molecule has 2 heteroatoms. The molecule has 0 saturated carbocycles. The topological polar surface area (TPSA) is 21.6 Å². The van der Waals surface area contributed by atoms with Crippen LogP contribution in [-0.4, -0.2) is 6.21 Å². The molecule has 21 heavy (non-hydrogen) atoms. The number of allylic oxidation sites excluding steroid dienone is 2. The third-order valence-corrected chi connectivity index (χ3v) is 2.73. The van der Waals surface area contributed by atoms with Crippen LogP contribution in [0.3, 0.4) is 0 Å². The van der Waals surface area contributed by atoms with Crippen LogP contribution in [0.2, 0.25) is 0 Å². The van der Waals surface area contributed by atoms with E-state index in [1.165, 1.54) is 0 Å². The Hall–Kier alpha value is -2.79. The van der Waals surface area contributed by atoms with Gasteiger partial charge in [0.15, 0.2) is 0 Å². The Morgan fingerprint density at radius 1 is 1.00 bits per heavy atom. The summed E-state index contributed by atoms with van der Waals surface area (Å²) >= 11 is 0. The molecule has 0 fully saturated rings. The summed E-state index contributed by atoms with van der Waals surface area (Å²) in [5.41, 5.74) is 1.94. The van der Waals surface area contributed by atoms with Crippen molar-refractivity contribution < 1.29 is 4.84 Å². The SMILES string of the molecule is C/C=C/C=N/OC(C#Cc1ccccc1)c1ccccc1. The molecule has 0 aliphatic carbocycles. The van der Waals surface area contributed by atoms with Gasteiger partial charge in [0.1, 0.15) is 0 Å². The lowest BCUT2D eigenvalue weighted by atomic mass is 10.1. The average molecular weight is 275 g/mol. The fourth-order valence-electron chi connectivity index (χ4n) is 1.69. The van der Waals surface area contributed by atoms with Gasteiger partial charge in [-0.2, -0.15) is 0 Å². The lowest BCUT2D eigenvalue weighted by Crippen LogP contribution is -1.97. The van der Waals surface area contributed by atoms with Crippen molar-refractivity contribution in [3.05, 3.63) is 83.9 Å². The maximum absolute atomic E-state index is 5.50. The van der Waals surface area contributed by atoms with Crippen LogP contribution < -0.4 is 0 Å². The molecule has 0 heterocycles. The normalized spacial score (nSPS) is 12.0. The molecule has 1 atom stereocenters. The summed E-state index contributed by atoms with van der Waals surface area (Å²) in [6.45, 7) is 1.93. The molecule has 1 unspecified atom stereocenters. The summed E-state index contributed by atoms with van der Waals surface area (Å²) in [6, 6.07) is 19.7. The van der Waals surface area contributed by atoms with Crippen LogP contribution >= 0.6 is 0 Å². The van der Waals surface area contributed by atoms with E-state index in [1.807, 2.05) is 79.7 Å². The number of rotatable bonds is 4. The van der Waals surface area contributed by atoms with E-state index >= 15 is 0 Å². The molecule has 0 radical (unpaired) electrons. The molecule has 0 aliphatic heterocycles. The monoisotopic (exact) mass is 275 g/mol. The second-order valence-electron chi connectivity index (χ2n) is 4.31. The number of benzene rings is 2. The molecule has 0 bridgehead atoms.